The molecule has 1 unspecified atom stereocenters. The Labute approximate surface area is 119 Å². The Morgan fingerprint density at radius 1 is 1.45 bits per heavy atom. The minimum atomic E-state index is -0.403. The Kier molecular flexibility index (Phi) is 5.34. The topological polar surface area (TPSA) is 41.9 Å². The molecule has 1 heterocycles. The van der Waals surface area contributed by atoms with Gasteiger partial charge in [-0.25, -0.2) is 4.39 Å². The summed E-state index contributed by atoms with van der Waals surface area (Å²) in [7, 11) is 0. The molecule has 1 aromatic carbocycles. The average molecular weight is 283 g/mol. The number of rotatable bonds is 5. The van der Waals surface area contributed by atoms with E-state index in [0.717, 1.165) is 13.1 Å². The number of aliphatic hydroxyl groups is 1. The predicted molar refractivity (Wildman–Crippen MR) is 74.3 cm³/mol. The lowest BCUT2D eigenvalue weighted by atomic mass is 10.2. The van der Waals surface area contributed by atoms with Crippen LogP contribution >= 0.6 is 0 Å². The zero-order valence-electron chi connectivity index (χ0n) is 12.0. The molecular formula is C15H22FNO3. The van der Waals surface area contributed by atoms with Gasteiger partial charge in [0.1, 0.15) is 24.3 Å². The van der Waals surface area contributed by atoms with Gasteiger partial charge in [-0.3, -0.25) is 4.90 Å². The van der Waals surface area contributed by atoms with E-state index in [1.807, 2.05) is 0 Å². The van der Waals surface area contributed by atoms with E-state index in [1.165, 1.54) is 12.1 Å². The van der Waals surface area contributed by atoms with E-state index in [-0.39, 0.29) is 12.7 Å². The molecule has 1 aliphatic heterocycles. The van der Waals surface area contributed by atoms with E-state index in [0.29, 0.717) is 30.6 Å². The highest BCUT2D eigenvalue weighted by molar-refractivity contribution is 5.29. The van der Waals surface area contributed by atoms with Gasteiger partial charge in [0.15, 0.2) is 0 Å². The minimum Gasteiger partial charge on any atom is -0.491 e. The molecule has 2 rings (SSSR count). The molecule has 5 heteroatoms. The fourth-order valence-corrected chi connectivity index (χ4v) is 2.30. The first kappa shape index (κ1) is 15.2. The number of morpholine rings is 1. The number of halogens is 1. The van der Waals surface area contributed by atoms with E-state index in [9.17, 15) is 4.39 Å². The summed E-state index contributed by atoms with van der Waals surface area (Å²) in [6.45, 7) is 6.94. The van der Waals surface area contributed by atoms with Gasteiger partial charge in [-0.05, 0) is 31.5 Å². The highest BCUT2D eigenvalue weighted by atomic mass is 19.1. The summed E-state index contributed by atoms with van der Waals surface area (Å²) in [5.41, 5.74) is 0.508. The molecule has 112 valence electrons. The van der Waals surface area contributed by atoms with Crippen LogP contribution in [0, 0.1) is 5.82 Å². The van der Waals surface area contributed by atoms with Crippen LogP contribution in [0.2, 0.25) is 0 Å². The number of hydrogen-bond acceptors (Lipinski definition) is 4. The SMILES string of the molecule is CC(C)N1CCOC(COc2cc(F)cc(CO)c2)C1. The first-order valence-corrected chi connectivity index (χ1v) is 6.97. The summed E-state index contributed by atoms with van der Waals surface area (Å²) in [5, 5.41) is 9.05. The molecule has 1 saturated heterocycles. The third-order valence-electron chi connectivity index (χ3n) is 3.45. The summed E-state index contributed by atoms with van der Waals surface area (Å²) in [6.07, 6.45) is -0.00741. The summed E-state index contributed by atoms with van der Waals surface area (Å²) < 4.78 is 24.6. The Morgan fingerprint density at radius 3 is 2.95 bits per heavy atom. The molecule has 0 saturated carbocycles. The van der Waals surface area contributed by atoms with Gasteiger partial charge in [0.05, 0.1) is 13.2 Å². The lowest BCUT2D eigenvalue weighted by molar-refractivity contribution is -0.0565. The van der Waals surface area contributed by atoms with Crippen molar-refractivity contribution in [1.29, 1.82) is 0 Å². The van der Waals surface area contributed by atoms with E-state index in [4.69, 9.17) is 14.6 Å². The van der Waals surface area contributed by atoms with E-state index in [2.05, 4.69) is 18.7 Å². The molecular weight excluding hydrogens is 261 g/mol. The summed E-state index contributed by atoms with van der Waals surface area (Å²) in [4.78, 5) is 2.34. The van der Waals surface area contributed by atoms with Crippen molar-refractivity contribution in [2.75, 3.05) is 26.3 Å². The van der Waals surface area contributed by atoms with Crippen molar-refractivity contribution < 1.29 is 19.0 Å². The van der Waals surface area contributed by atoms with Crippen LogP contribution in [0.25, 0.3) is 0 Å². The summed E-state index contributed by atoms with van der Waals surface area (Å²) in [6, 6.07) is 4.75. The van der Waals surface area contributed by atoms with Crippen molar-refractivity contribution in [2.45, 2.75) is 32.6 Å². The highest BCUT2D eigenvalue weighted by Crippen LogP contribution is 2.18. The molecule has 0 radical (unpaired) electrons. The molecule has 0 bridgehead atoms. The smallest absolute Gasteiger partial charge is 0.127 e. The van der Waals surface area contributed by atoms with Crippen molar-refractivity contribution in [3.63, 3.8) is 0 Å². The molecule has 0 aliphatic carbocycles. The van der Waals surface area contributed by atoms with Gasteiger partial charge >= 0.3 is 0 Å². The van der Waals surface area contributed by atoms with Gasteiger partial charge in [0.2, 0.25) is 0 Å². The van der Waals surface area contributed by atoms with Gasteiger partial charge in [-0.1, -0.05) is 0 Å². The molecule has 0 spiro atoms. The quantitative estimate of drug-likeness (QED) is 0.895. The third kappa shape index (κ3) is 4.16. The van der Waals surface area contributed by atoms with Gasteiger partial charge in [-0.15, -0.1) is 0 Å². The number of hydrogen-bond donors (Lipinski definition) is 1. The van der Waals surface area contributed by atoms with Gasteiger partial charge in [0.25, 0.3) is 0 Å². The van der Waals surface area contributed by atoms with Crippen molar-refractivity contribution in [1.82, 2.24) is 4.90 Å². The first-order valence-electron chi connectivity index (χ1n) is 6.97. The number of aliphatic hydroxyl groups excluding tert-OH is 1. The van der Waals surface area contributed by atoms with E-state index < -0.39 is 5.82 Å². The second-order valence-electron chi connectivity index (χ2n) is 5.35. The summed E-state index contributed by atoms with van der Waals surface area (Å²) in [5.74, 6) is 0.0271. The van der Waals surface area contributed by atoms with Crippen molar-refractivity contribution in [3.8, 4) is 5.75 Å². The minimum absolute atomic E-state index is 0.00741. The fraction of sp³-hybridized carbons (Fsp3) is 0.600. The second kappa shape index (κ2) is 7.02. The molecule has 1 fully saturated rings. The maximum atomic E-state index is 13.3. The summed E-state index contributed by atoms with van der Waals surface area (Å²) >= 11 is 0. The third-order valence-corrected chi connectivity index (χ3v) is 3.45. The average Bonchev–Trinajstić information content (AvgIpc) is 2.44. The maximum absolute atomic E-state index is 13.3. The van der Waals surface area contributed by atoms with Crippen LogP contribution in [0.4, 0.5) is 4.39 Å². The Balaban J connectivity index is 1.90. The molecule has 1 aromatic rings. The largest absolute Gasteiger partial charge is 0.491 e. The van der Waals surface area contributed by atoms with Gasteiger partial charge in [-0.2, -0.15) is 0 Å². The lowest BCUT2D eigenvalue weighted by Gasteiger charge is -2.35. The highest BCUT2D eigenvalue weighted by Gasteiger charge is 2.22. The maximum Gasteiger partial charge on any atom is 0.127 e. The number of benzene rings is 1. The molecule has 1 atom stereocenters. The van der Waals surface area contributed by atoms with E-state index >= 15 is 0 Å². The zero-order chi connectivity index (χ0) is 14.5. The zero-order valence-corrected chi connectivity index (χ0v) is 12.0. The van der Waals surface area contributed by atoms with Crippen molar-refractivity contribution in [3.05, 3.63) is 29.6 Å². The number of ether oxygens (including phenoxy) is 2. The lowest BCUT2D eigenvalue weighted by Crippen LogP contribution is -2.47. The second-order valence-corrected chi connectivity index (χ2v) is 5.35. The monoisotopic (exact) mass is 283 g/mol. The van der Waals surface area contributed by atoms with Gasteiger partial charge < -0.3 is 14.6 Å². The molecule has 0 amide bonds. The van der Waals surface area contributed by atoms with Crippen molar-refractivity contribution >= 4 is 0 Å². The molecule has 1 N–H and O–H groups in total. The van der Waals surface area contributed by atoms with Gasteiger partial charge in [0, 0.05) is 25.2 Å². The predicted octanol–water partition coefficient (Wildman–Crippen LogP) is 1.81. The molecule has 4 nitrogen and oxygen atoms in total. The molecule has 1 aliphatic rings. The van der Waals surface area contributed by atoms with Crippen LogP contribution in [0.5, 0.6) is 5.75 Å². The normalized spacial score (nSPS) is 20.4. The first-order chi connectivity index (χ1) is 9.58. The van der Waals surface area contributed by atoms with Crippen LogP contribution in [-0.4, -0.2) is 48.5 Å². The standard InChI is InChI=1S/C15H22FNO3/c1-11(2)17-3-4-19-15(8-17)10-20-14-6-12(9-18)5-13(16)7-14/h5-7,11,15,18H,3-4,8-10H2,1-2H3. The van der Waals surface area contributed by atoms with E-state index in [1.54, 1.807) is 6.07 Å². The van der Waals surface area contributed by atoms with Crippen LogP contribution in [0.1, 0.15) is 19.4 Å². The Bertz CT molecular complexity index is 439. The number of nitrogens with zero attached hydrogens (tertiary/aromatic N) is 1. The van der Waals surface area contributed by atoms with Crippen LogP contribution in [0.15, 0.2) is 18.2 Å². The molecule has 20 heavy (non-hydrogen) atoms. The Hall–Kier alpha value is -1.17. The van der Waals surface area contributed by atoms with Crippen LogP contribution in [-0.2, 0) is 11.3 Å². The fourth-order valence-electron chi connectivity index (χ4n) is 2.30. The molecule has 0 aromatic heterocycles. The van der Waals surface area contributed by atoms with Crippen LogP contribution < -0.4 is 4.74 Å². The van der Waals surface area contributed by atoms with Crippen molar-refractivity contribution in [2.24, 2.45) is 0 Å². The van der Waals surface area contributed by atoms with Crippen LogP contribution in [0.3, 0.4) is 0 Å². The Morgan fingerprint density at radius 2 is 2.25 bits per heavy atom.